The maximum absolute atomic E-state index is 2.29. The molecule has 0 unspecified atom stereocenters. The zero-order chi connectivity index (χ0) is 15.9. The lowest BCUT2D eigenvalue weighted by Gasteiger charge is -2.23. The highest BCUT2D eigenvalue weighted by atomic mass is 14.2. The minimum absolute atomic E-state index is 1.03. The van der Waals surface area contributed by atoms with Gasteiger partial charge in [-0.05, 0) is 57.0 Å². The second-order valence-electron chi connectivity index (χ2n) is 6.59. The van der Waals surface area contributed by atoms with Crippen LogP contribution in [0.25, 0.3) is 21.9 Å². The number of fused-ring (bicyclic) bond motifs is 3. The molecule has 4 aromatic rings. The fraction of sp³-hybridized carbons (Fsp3) is 0.0833. The van der Waals surface area contributed by atoms with Gasteiger partial charge in [-0.15, -0.1) is 0 Å². The summed E-state index contributed by atoms with van der Waals surface area (Å²) >= 11 is 0. The molecule has 1 aliphatic rings. The SMILES string of the molecule is c1ccc2c(c1)Cc1cccc(-c3cccc4ccccc34)c1C2. The van der Waals surface area contributed by atoms with Crippen LogP contribution in [0.4, 0.5) is 0 Å². The van der Waals surface area contributed by atoms with E-state index in [0.29, 0.717) is 0 Å². The van der Waals surface area contributed by atoms with Crippen LogP contribution in [0.5, 0.6) is 0 Å². The molecule has 4 aromatic carbocycles. The molecule has 0 amide bonds. The topological polar surface area (TPSA) is 0 Å². The predicted molar refractivity (Wildman–Crippen MR) is 101 cm³/mol. The van der Waals surface area contributed by atoms with E-state index in [9.17, 15) is 0 Å². The van der Waals surface area contributed by atoms with Crippen LogP contribution in [-0.4, -0.2) is 0 Å². The summed E-state index contributed by atoms with van der Waals surface area (Å²) in [6.45, 7) is 0. The largest absolute Gasteiger partial charge is 0.0620 e. The highest BCUT2D eigenvalue weighted by molar-refractivity contribution is 5.97. The van der Waals surface area contributed by atoms with Crippen molar-refractivity contribution in [3.05, 3.63) is 107 Å². The molecule has 0 bridgehead atoms. The van der Waals surface area contributed by atoms with Gasteiger partial charge in [-0.25, -0.2) is 0 Å². The molecule has 0 atom stereocenters. The Hall–Kier alpha value is -2.86. The Morgan fingerprint density at radius 3 is 2.00 bits per heavy atom. The Balaban J connectivity index is 1.74. The summed E-state index contributed by atoms with van der Waals surface area (Å²) < 4.78 is 0. The number of hydrogen-bond acceptors (Lipinski definition) is 0. The fourth-order valence-corrected chi connectivity index (χ4v) is 4.02. The van der Waals surface area contributed by atoms with Gasteiger partial charge in [0.05, 0.1) is 0 Å². The molecule has 0 N–H and O–H groups in total. The van der Waals surface area contributed by atoms with E-state index in [2.05, 4.69) is 84.9 Å². The summed E-state index contributed by atoms with van der Waals surface area (Å²) in [4.78, 5) is 0. The Labute approximate surface area is 142 Å². The number of hydrogen-bond donors (Lipinski definition) is 0. The molecule has 0 saturated carbocycles. The number of rotatable bonds is 1. The quantitative estimate of drug-likeness (QED) is 0.356. The molecular formula is C24H18. The summed E-state index contributed by atoms with van der Waals surface area (Å²) in [5.74, 6) is 0. The lowest BCUT2D eigenvalue weighted by atomic mass is 9.81. The van der Waals surface area contributed by atoms with Crippen LogP contribution < -0.4 is 0 Å². The first-order chi connectivity index (χ1) is 11.9. The smallest absolute Gasteiger partial charge is 0.00139 e. The number of benzene rings is 4. The van der Waals surface area contributed by atoms with Crippen LogP contribution in [0.3, 0.4) is 0 Å². The Morgan fingerprint density at radius 1 is 0.458 bits per heavy atom. The molecule has 0 spiro atoms. The maximum Gasteiger partial charge on any atom is -0.00139 e. The van der Waals surface area contributed by atoms with Crippen molar-refractivity contribution in [1.82, 2.24) is 0 Å². The average molecular weight is 306 g/mol. The fourth-order valence-electron chi connectivity index (χ4n) is 4.02. The monoisotopic (exact) mass is 306 g/mol. The molecule has 0 nitrogen and oxygen atoms in total. The van der Waals surface area contributed by atoms with E-state index in [-0.39, 0.29) is 0 Å². The van der Waals surface area contributed by atoms with Crippen LogP contribution in [0.2, 0.25) is 0 Å². The van der Waals surface area contributed by atoms with Crippen molar-refractivity contribution in [2.75, 3.05) is 0 Å². The van der Waals surface area contributed by atoms with Gasteiger partial charge in [-0.3, -0.25) is 0 Å². The van der Waals surface area contributed by atoms with Gasteiger partial charge in [0, 0.05) is 0 Å². The van der Waals surface area contributed by atoms with E-state index in [1.807, 2.05) is 0 Å². The molecule has 114 valence electrons. The summed E-state index contributed by atoms with van der Waals surface area (Å²) in [5.41, 5.74) is 8.65. The van der Waals surface area contributed by atoms with Crippen molar-refractivity contribution in [3.63, 3.8) is 0 Å². The normalized spacial score (nSPS) is 12.7. The van der Waals surface area contributed by atoms with Gasteiger partial charge in [0.2, 0.25) is 0 Å². The van der Waals surface area contributed by atoms with E-state index in [4.69, 9.17) is 0 Å². The van der Waals surface area contributed by atoms with Gasteiger partial charge in [0.1, 0.15) is 0 Å². The standard InChI is InChI=1S/C24H18/c1-2-9-19-16-24-20(15-18(19)8-1)11-6-14-23(24)22-13-5-10-17-7-3-4-12-21(17)22/h1-14H,15-16H2. The molecule has 5 rings (SSSR count). The van der Waals surface area contributed by atoms with Crippen molar-refractivity contribution in [2.24, 2.45) is 0 Å². The lowest BCUT2D eigenvalue weighted by Crippen LogP contribution is -2.08. The van der Waals surface area contributed by atoms with Crippen molar-refractivity contribution >= 4 is 10.8 Å². The van der Waals surface area contributed by atoms with Crippen LogP contribution in [0.1, 0.15) is 22.3 Å². The first-order valence-corrected chi connectivity index (χ1v) is 8.56. The molecule has 0 heterocycles. The van der Waals surface area contributed by atoms with E-state index in [1.54, 1.807) is 0 Å². The molecule has 0 heteroatoms. The van der Waals surface area contributed by atoms with E-state index < -0.39 is 0 Å². The molecule has 1 aliphatic carbocycles. The summed E-state index contributed by atoms with van der Waals surface area (Å²) in [6, 6.07) is 31.0. The highest BCUT2D eigenvalue weighted by Crippen LogP contribution is 2.37. The van der Waals surface area contributed by atoms with Crippen LogP contribution in [-0.2, 0) is 12.8 Å². The maximum atomic E-state index is 2.29. The third-order valence-electron chi connectivity index (χ3n) is 5.22. The van der Waals surface area contributed by atoms with Crippen molar-refractivity contribution in [1.29, 1.82) is 0 Å². The molecule has 0 saturated heterocycles. The van der Waals surface area contributed by atoms with Crippen LogP contribution in [0, 0.1) is 0 Å². The zero-order valence-electron chi connectivity index (χ0n) is 13.5. The first-order valence-electron chi connectivity index (χ1n) is 8.56. The predicted octanol–water partition coefficient (Wildman–Crippen LogP) is 6.00. The minimum atomic E-state index is 1.03. The Morgan fingerprint density at radius 2 is 1.08 bits per heavy atom. The van der Waals surface area contributed by atoms with Crippen LogP contribution in [0.15, 0.2) is 84.9 Å². The summed E-state index contributed by atoms with van der Waals surface area (Å²) in [6.07, 6.45) is 2.08. The highest BCUT2D eigenvalue weighted by Gasteiger charge is 2.18. The Kier molecular flexibility index (Phi) is 3.02. The third kappa shape index (κ3) is 2.07. The van der Waals surface area contributed by atoms with Gasteiger partial charge >= 0.3 is 0 Å². The van der Waals surface area contributed by atoms with Gasteiger partial charge < -0.3 is 0 Å². The summed E-state index contributed by atoms with van der Waals surface area (Å²) in [7, 11) is 0. The van der Waals surface area contributed by atoms with E-state index in [1.165, 1.54) is 44.2 Å². The molecule has 0 aromatic heterocycles. The third-order valence-corrected chi connectivity index (χ3v) is 5.22. The van der Waals surface area contributed by atoms with Crippen molar-refractivity contribution in [2.45, 2.75) is 12.8 Å². The molecule has 0 aliphatic heterocycles. The zero-order valence-corrected chi connectivity index (χ0v) is 13.5. The molecule has 24 heavy (non-hydrogen) atoms. The van der Waals surface area contributed by atoms with Crippen molar-refractivity contribution in [3.8, 4) is 11.1 Å². The average Bonchev–Trinajstić information content (AvgIpc) is 2.65. The second-order valence-corrected chi connectivity index (χ2v) is 6.59. The van der Waals surface area contributed by atoms with Gasteiger partial charge in [0.25, 0.3) is 0 Å². The minimum Gasteiger partial charge on any atom is -0.0620 e. The first kappa shape index (κ1) is 13.6. The molecular weight excluding hydrogens is 288 g/mol. The summed E-state index contributed by atoms with van der Waals surface area (Å²) in [5, 5.41) is 2.65. The lowest BCUT2D eigenvalue weighted by molar-refractivity contribution is 1.00. The molecule has 0 fully saturated rings. The van der Waals surface area contributed by atoms with Gasteiger partial charge in [-0.1, -0.05) is 84.9 Å². The van der Waals surface area contributed by atoms with E-state index >= 15 is 0 Å². The second kappa shape index (κ2) is 5.35. The van der Waals surface area contributed by atoms with Gasteiger partial charge in [0.15, 0.2) is 0 Å². The van der Waals surface area contributed by atoms with Crippen molar-refractivity contribution < 1.29 is 0 Å². The van der Waals surface area contributed by atoms with E-state index in [0.717, 1.165) is 12.8 Å². The Bertz CT molecular complexity index is 1050. The van der Waals surface area contributed by atoms with Crippen LogP contribution >= 0.6 is 0 Å². The van der Waals surface area contributed by atoms with Gasteiger partial charge in [-0.2, -0.15) is 0 Å². The molecule has 0 radical (unpaired) electrons.